The molecule has 0 radical (unpaired) electrons. The monoisotopic (exact) mass is 286 g/mol. The predicted octanol–water partition coefficient (Wildman–Crippen LogP) is 3.77. The maximum Gasteiger partial charge on any atom is 0.142 e. The van der Waals surface area contributed by atoms with Gasteiger partial charge in [0.2, 0.25) is 0 Å². The highest BCUT2D eigenvalue weighted by atomic mass is 32.1. The zero-order valence-electron chi connectivity index (χ0n) is 11.6. The first-order chi connectivity index (χ1) is 9.61. The van der Waals surface area contributed by atoms with E-state index in [-0.39, 0.29) is 0 Å². The number of ether oxygens (including phenoxy) is 1. The minimum atomic E-state index is 0.376. The topological polar surface area (TPSA) is 47.3 Å². The summed E-state index contributed by atoms with van der Waals surface area (Å²) in [5.41, 5.74) is 9.54. The highest BCUT2D eigenvalue weighted by Gasteiger charge is 2.08. The molecule has 0 aromatic heterocycles. The number of nitrogens with two attached hydrogens (primary N) is 1. The van der Waals surface area contributed by atoms with E-state index in [1.165, 1.54) is 0 Å². The molecule has 2 aromatic rings. The lowest BCUT2D eigenvalue weighted by Gasteiger charge is -2.15. The molecule has 0 amide bonds. The van der Waals surface area contributed by atoms with Crippen molar-refractivity contribution < 1.29 is 4.74 Å². The fourth-order valence-electron chi connectivity index (χ4n) is 1.97. The van der Waals surface area contributed by atoms with Gasteiger partial charge in [0.25, 0.3) is 0 Å². The lowest BCUT2D eigenvalue weighted by Crippen LogP contribution is -2.12. The third kappa shape index (κ3) is 3.27. The van der Waals surface area contributed by atoms with Crippen LogP contribution in [0.1, 0.15) is 18.1 Å². The summed E-state index contributed by atoms with van der Waals surface area (Å²) in [6, 6.07) is 13.8. The van der Waals surface area contributed by atoms with Crippen LogP contribution in [0.2, 0.25) is 0 Å². The molecule has 0 fully saturated rings. The predicted molar refractivity (Wildman–Crippen MR) is 88.0 cm³/mol. The Labute approximate surface area is 124 Å². The molecule has 0 aliphatic rings. The number of thiocarbonyl (C=S) groups is 1. The molecule has 0 spiro atoms. The molecule has 4 heteroatoms. The Hall–Kier alpha value is -2.07. The van der Waals surface area contributed by atoms with Crippen molar-refractivity contribution in [1.29, 1.82) is 0 Å². The summed E-state index contributed by atoms with van der Waals surface area (Å²) in [4.78, 5) is 0.376. The van der Waals surface area contributed by atoms with Gasteiger partial charge in [-0.25, -0.2) is 0 Å². The fourth-order valence-corrected chi connectivity index (χ4v) is 2.15. The molecule has 0 atom stereocenters. The second kappa shape index (κ2) is 6.39. The summed E-state index contributed by atoms with van der Waals surface area (Å²) in [6.45, 7) is 4.61. The van der Waals surface area contributed by atoms with Crippen LogP contribution in [0.25, 0.3) is 0 Å². The van der Waals surface area contributed by atoms with Gasteiger partial charge in [0.1, 0.15) is 10.7 Å². The van der Waals surface area contributed by atoms with Crippen LogP contribution >= 0.6 is 12.2 Å². The number of nitrogens with one attached hydrogen (secondary N) is 1. The van der Waals surface area contributed by atoms with E-state index in [2.05, 4.69) is 5.32 Å². The zero-order chi connectivity index (χ0) is 14.5. The van der Waals surface area contributed by atoms with Crippen LogP contribution in [0.15, 0.2) is 42.5 Å². The number of hydrogen-bond acceptors (Lipinski definition) is 3. The van der Waals surface area contributed by atoms with Crippen molar-refractivity contribution >= 4 is 28.6 Å². The molecule has 3 N–H and O–H groups in total. The van der Waals surface area contributed by atoms with Crippen molar-refractivity contribution in [2.24, 2.45) is 5.73 Å². The van der Waals surface area contributed by atoms with E-state index < -0.39 is 0 Å². The summed E-state index contributed by atoms with van der Waals surface area (Å²) >= 11 is 5.10. The third-order valence-corrected chi connectivity index (χ3v) is 3.12. The van der Waals surface area contributed by atoms with Gasteiger partial charge in [0, 0.05) is 11.3 Å². The summed E-state index contributed by atoms with van der Waals surface area (Å²) in [7, 11) is 0. The van der Waals surface area contributed by atoms with Crippen LogP contribution in [0.3, 0.4) is 0 Å². The van der Waals surface area contributed by atoms with Crippen LogP contribution in [-0.2, 0) is 0 Å². The molecular formula is C16H18N2OS. The largest absolute Gasteiger partial charge is 0.492 e. The summed E-state index contributed by atoms with van der Waals surface area (Å²) in [5, 5.41) is 3.36. The summed E-state index contributed by atoms with van der Waals surface area (Å²) in [5.74, 6) is 0.811. The van der Waals surface area contributed by atoms with Crippen molar-refractivity contribution in [2.75, 3.05) is 11.9 Å². The number of aryl methyl sites for hydroxylation is 1. The number of anilines is 2. The van der Waals surface area contributed by atoms with Crippen molar-refractivity contribution in [2.45, 2.75) is 13.8 Å². The van der Waals surface area contributed by atoms with Crippen LogP contribution in [-0.4, -0.2) is 11.6 Å². The number of benzene rings is 2. The van der Waals surface area contributed by atoms with Gasteiger partial charge < -0.3 is 15.8 Å². The molecular weight excluding hydrogens is 268 g/mol. The number of hydrogen-bond donors (Lipinski definition) is 2. The first-order valence-corrected chi connectivity index (χ1v) is 6.92. The van der Waals surface area contributed by atoms with Gasteiger partial charge in [0.15, 0.2) is 0 Å². The average molecular weight is 286 g/mol. The summed E-state index contributed by atoms with van der Waals surface area (Å²) < 4.78 is 5.61. The van der Waals surface area contributed by atoms with Gasteiger partial charge in [0.05, 0.1) is 12.3 Å². The molecule has 20 heavy (non-hydrogen) atoms. The van der Waals surface area contributed by atoms with E-state index in [0.29, 0.717) is 11.6 Å². The Kier molecular flexibility index (Phi) is 4.58. The maximum atomic E-state index is 5.78. The molecule has 0 aliphatic heterocycles. The Bertz CT molecular complexity index is 626. The van der Waals surface area contributed by atoms with Gasteiger partial charge in [-0.15, -0.1) is 0 Å². The lowest BCUT2D eigenvalue weighted by molar-refractivity contribution is 0.342. The molecule has 0 aliphatic carbocycles. The Morgan fingerprint density at radius 3 is 2.65 bits per heavy atom. The Morgan fingerprint density at radius 2 is 1.95 bits per heavy atom. The molecule has 0 bridgehead atoms. The molecule has 0 saturated heterocycles. The van der Waals surface area contributed by atoms with E-state index in [1.807, 2.05) is 56.3 Å². The second-order valence-corrected chi connectivity index (χ2v) is 4.91. The van der Waals surface area contributed by atoms with E-state index in [9.17, 15) is 0 Å². The quantitative estimate of drug-likeness (QED) is 0.821. The smallest absolute Gasteiger partial charge is 0.142 e. The Morgan fingerprint density at radius 1 is 1.20 bits per heavy atom. The van der Waals surface area contributed by atoms with Gasteiger partial charge in [-0.05, 0) is 43.7 Å². The first kappa shape index (κ1) is 14.3. The van der Waals surface area contributed by atoms with Gasteiger partial charge in [-0.2, -0.15) is 0 Å². The maximum absolute atomic E-state index is 5.78. The van der Waals surface area contributed by atoms with E-state index in [1.54, 1.807) is 0 Å². The zero-order valence-corrected chi connectivity index (χ0v) is 12.5. The van der Waals surface area contributed by atoms with Crippen LogP contribution in [0.5, 0.6) is 5.75 Å². The molecule has 3 nitrogen and oxygen atoms in total. The van der Waals surface area contributed by atoms with E-state index in [0.717, 1.165) is 28.3 Å². The number of para-hydroxylation sites is 2. The van der Waals surface area contributed by atoms with E-state index >= 15 is 0 Å². The van der Waals surface area contributed by atoms with Gasteiger partial charge in [-0.1, -0.05) is 30.4 Å². The van der Waals surface area contributed by atoms with Crippen LogP contribution in [0.4, 0.5) is 11.4 Å². The van der Waals surface area contributed by atoms with Crippen molar-refractivity contribution in [1.82, 2.24) is 0 Å². The first-order valence-electron chi connectivity index (χ1n) is 6.51. The lowest BCUT2D eigenvalue weighted by atomic mass is 10.1. The summed E-state index contributed by atoms with van der Waals surface area (Å²) in [6.07, 6.45) is 0. The average Bonchev–Trinajstić information content (AvgIpc) is 2.41. The molecule has 2 rings (SSSR count). The number of rotatable bonds is 5. The normalized spacial score (nSPS) is 10.1. The second-order valence-electron chi connectivity index (χ2n) is 4.47. The van der Waals surface area contributed by atoms with Crippen molar-refractivity contribution in [3.63, 3.8) is 0 Å². The highest BCUT2D eigenvalue weighted by molar-refractivity contribution is 7.80. The molecule has 0 saturated carbocycles. The third-order valence-electron chi connectivity index (χ3n) is 2.90. The van der Waals surface area contributed by atoms with Crippen molar-refractivity contribution in [3.05, 3.63) is 53.6 Å². The fraction of sp³-hybridized carbons (Fsp3) is 0.188. The minimum absolute atomic E-state index is 0.376. The molecule has 104 valence electrons. The Balaban J connectivity index is 2.39. The SMILES string of the molecule is CCOc1ccccc1Nc1cc(C)ccc1C(N)=S. The van der Waals surface area contributed by atoms with E-state index in [4.69, 9.17) is 22.7 Å². The van der Waals surface area contributed by atoms with Gasteiger partial charge >= 0.3 is 0 Å². The standard InChI is InChI=1S/C16H18N2OS/c1-3-19-15-7-5-4-6-13(15)18-14-10-11(2)8-9-12(14)16(17)20/h4-10,18H,3H2,1-2H3,(H2,17,20). The van der Waals surface area contributed by atoms with Gasteiger partial charge in [-0.3, -0.25) is 0 Å². The van der Waals surface area contributed by atoms with Crippen LogP contribution < -0.4 is 15.8 Å². The van der Waals surface area contributed by atoms with Crippen molar-refractivity contribution in [3.8, 4) is 5.75 Å². The highest BCUT2D eigenvalue weighted by Crippen LogP contribution is 2.29. The molecule has 0 heterocycles. The van der Waals surface area contributed by atoms with Crippen LogP contribution in [0, 0.1) is 6.92 Å². The molecule has 0 unspecified atom stereocenters. The molecule has 2 aromatic carbocycles. The minimum Gasteiger partial charge on any atom is -0.492 e.